The number of carbonyl (C=O) groups is 1. The molecule has 90 valence electrons. The summed E-state index contributed by atoms with van der Waals surface area (Å²) in [5.74, 6) is -1.22. The first-order chi connectivity index (χ1) is 8.00. The van der Waals surface area contributed by atoms with Crippen LogP contribution in [0.1, 0.15) is 18.2 Å². The molecule has 0 aliphatic heterocycles. The third-order valence-electron chi connectivity index (χ3n) is 3.10. The van der Waals surface area contributed by atoms with Crippen molar-refractivity contribution in [1.82, 2.24) is 9.78 Å². The summed E-state index contributed by atoms with van der Waals surface area (Å²) in [6.45, 7) is 6.10. The van der Waals surface area contributed by atoms with Crippen LogP contribution < -0.4 is 0 Å². The molecule has 2 aromatic rings. The van der Waals surface area contributed by atoms with Crippen molar-refractivity contribution in [1.29, 1.82) is 0 Å². The zero-order valence-corrected chi connectivity index (χ0v) is 10.3. The summed E-state index contributed by atoms with van der Waals surface area (Å²) in [6, 6.07) is 6.03. The number of aromatic nitrogens is 2. The summed E-state index contributed by atoms with van der Waals surface area (Å²) < 4.78 is 1.79. The van der Waals surface area contributed by atoms with Crippen LogP contribution >= 0.6 is 0 Å². The molecule has 4 heteroatoms. The number of hydrogen-bond acceptors (Lipinski definition) is 2. The van der Waals surface area contributed by atoms with Gasteiger partial charge in [-0.25, -0.2) is 0 Å². The number of aryl methyl sites for hydroxylation is 2. The Labute approximate surface area is 99.9 Å². The second-order valence-corrected chi connectivity index (χ2v) is 4.48. The predicted molar refractivity (Wildman–Crippen MR) is 66.0 cm³/mol. The van der Waals surface area contributed by atoms with E-state index in [0.717, 1.165) is 22.2 Å². The molecule has 0 bridgehead atoms. The van der Waals surface area contributed by atoms with Crippen molar-refractivity contribution < 1.29 is 9.90 Å². The van der Waals surface area contributed by atoms with Gasteiger partial charge in [-0.2, -0.15) is 5.10 Å². The average Bonchev–Trinajstić information content (AvgIpc) is 2.58. The molecule has 1 aromatic heterocycles. The van der Waals surface area contributed by atoms with Crippen LogP contribution in [0.5, 0.6) is 0 Å². The highest BCUT2D eigenvalue weighted by atomic mass is 16.4. The third kappa shape index (κ3) is 2.02. The number of rotatable bonds is 3. The summed E-state index contributed by atoms with van der Waals surface area (Å²) in [5.41, 5.74) is 3.10. The maximum Gasteiger partial charge on any atom is 0.308 e. The molecule has 0 saturated carbocycles. The molecule has 0 saturated heterocycles. The largest absolute Gasteiger partial charge is 0.481 e. The molecule has 0 radical (unpaired) electrons. The first-order valence-corrected chi connectivity index (χ1v) is 5.66. The fraction of sp³-hybridized carbons (Fsp3) is 0.385. The number of benzene rings is 1. The molecule has 1 heterocycles. The molecule has 0 spiro atoms. The van der Waals surface area contributed by atoms with Crippen molar-refractivity contribution >= 4 is 16.9 Å². The molecule has 1 aromatic carbocycles. The minimum Gasteiger partial charge on any atom is -0.481 e. The second-order valence-electron chi connectivity index (χ2n) is 4.48. The van der Waals surface area contributed by atoms with Crippen LogP contribution in [0.3, 0.4) is 0 Å². The Bertz CT molecular complexity index is 572. The Morgan fingerprint density at radius 1 is 1.47 bits per heavy atom. The van der Waals surface area contributed by atoms with Crippen LogP contribution in [0, 0.1) is 19.8 Å². The summed E-state index contributed by atoms with van der Waals surface area (Å²) >= 11 is 0. The van der Waals surface area contributed by atoms with Gasteiger partial charge in [-0.05, 0) is 19.4 Å². The van der Waals surface area contributed by atoms with Gasteiger partial charge < -0.3 is 5.11 Å². The lowest BCUT2D eigenvalue weighted by Crippen LogP contribution is -2.18. The van der Waals surface area contributed by atoms with Crippen molar-refractivity contribution in [3.63, 3.8) is 0 Å². The van der Waals surface area contributed by atoms with Gasteiger partial charge in [0.05, 0.1) is 18.0 Å². The Morgan fingerprint density at radius 2 is 2.18 bits per heavy atom. The van der Waals surface area contributed by atoms with Gasteiger partial charge in [0.25, 0.3) is 0 Å². The highest BCUT2D eigenvalue weighted by Crippen LogP contribution is 2.21. The van der Waals surface area contributed by atoms with Gasteiger partial charge in [-0.15, -0.1) is 0 Å². The third-order valence-corrected chi connectivity index (χ3v) is 3.10. The van der Waals surface area contributed by atoms with Gasteiger partial charge in [0.15, 0.2) is 0 Å². The van der Waals surface area contributed by atoms with E-state index in [-0.39, 0.29) is 0 Å². The van der Waals surface area contributed by atoms with E-state index in [9.17, 15) is 4.79 Å². The smallest absolute Gasteiger partial charge is 0.308 e. The first kappa shape index (κ1) is 11.6. The topological polar surface area (TPSA) is 55.1 Å². The Balaban J connectivity index is 2.46. The summed E-state index contributed by atoms with van der Waals surface area (Å²) in [6.07, 6.45) is 0. The fourth-order valence-electron chi connectivity index (χ4n) is 1.93. The number of nitrogens with zero attached hydrogens (tertiary/aromatic N) is 2. The molecule has 0 amide bonds. The lowest BCUT2D eigenvalue weighted by molar-refractivity contribution is -0.141. The molecular formula is C13H16N2O2. The molecule has 0 fully saturated rings. The van der Waals surface area contributed by atoms with Gasteiger partial charge in [-0.3, -0.25) is 9.48 Å². The van der Waals surface area contributed by atoms with E-state index >= 15 is 0 Å². The normalized spacial score (nSPS) is 12.9. The van der Waals surface area contributed by atoms with Crippen LogP contribution in [-0.4, -0.2) is 20.9 Å². The van der Waals surface area contributed by atoms with Crippen LogP contribution in [0.2, 0.25) is 0 Å². The molecule has 0 aliphatic rings. The maximum atomic E-state index is 10.9. The van der Waals surface area contributed by atoms with Gasteiger partial charge in [0.2, 0.25) is 0 Å². The summed E-state index contributed by atoms with van der Waals surface area (Å²) in [7, 11) is 0. The van der Waals surface area contributed by atoms with E-state index in [4.69, 9.17) is 5.11 Å². The molecule has 1 unspecified atom stereocenters. The molecule has 1 N–H and O–H groups in total. The summed E-state index contributed by atoms with van der Waals surface area (Å²) in [5, 5.41) is 14.5. The van der Waals surface area contributed by atoms with Crippen LogP contribution in [0.15, 0.2) is 18.2 Å². The minimum atomic E-state index is -0.791. The SMILES string of the molecule is Cc1cccc2c(C)n(CC(C)C(=O)O)nc12. The number of carboxylic acid groups (broad SMARTS) is 1. The summed E-state index contributed by atoms with van der Waals surface area (Å²) in [4.78, 5) is 10.9. The molecule has 2 rings (SSSR count). The fourth-order valence-corrected chi connectivity index (χ4v) is 1.93. The van der Waals surface area contributed by atoms with E-state index in [1.54, 1.807) is 11.6 Å². The van der Waals surface area contributed by atoms with Crippen molar-refractivity contribution in [2.24, 2.45) is 5.92 Å². The van der Waals surface area contributed by atoms with E-state index in [2.05, 4.69) is 5.10 Å². The first-order valence-electron chi connectivity index (χ1n) is 5.66. The molecular weight excluding hydrogens is 216 g/mol. The van der Waals surface area contributed by atoms with Crippen molar-refractivity contribution in [3.8, 4) is 0 Å². The quantitative estimate of drug-likeness (QED) is 0.883. The Kier molecular flexibility index (Phi) is 2.88. The standard InChI is InChI=1S/C13H16N2O2/c1-8-5-4-6-11-10(3)15(14-12(8)11)7-9(2)13(16)17/h4-6,9H,7H2,1-3H3,(H,16,17). The number of fused-ring (bicyclic) bond motifs is 1. The minimum absolute atomic E-state index is 0.412. The van der Waals surface area contributed by atoms with Crippen molar-refractivity contribution in [2.45, 2.75) is 27.3 Å². The van der Waals surface area contributed by atoms with Crippen molar-refractivity contribution in [2.75, 3.05) is 0 Å². The van der Waals surface area contributed by atoms with Crippen LogP contribution in [0.25, 0.3) is 10.9 Å². The number of hydrogen-bond donors (Lipinski definition) is 1. The zero-order chi connectivity index (χ0) is 12.6. The Morgan fingerprint density at radius 3 is 2.76 bits per heavy atom. The molecule has 0 aliphatic carbocycles. The predicted octanol–water partition coefficient (Wildman–Crippen LogP) is 2.37. The monoisotopic (exact) mass is 232 g/mol. The second kappa shape index (κ2) is 4.20. The van der Waals surface area contributed by atoms with Gasteiger partial charge >= 0.3 is 5.97 Å². The van der Waals surface area contributed by atoms with Crippen molar-refractivity contribution in [3.05, 3.63) is 29.5 Å². The molecule has 17 heavy (non-hydrogen) atoms. The van der Waals surface area contributed by atoms with Gasteiger partial charge in [0, 0.05) is 11.1 Å². The van der Waals surface area contributed by atoms with E-state index in [1.807, 2.05) is 32.0 Å². The highest BCUT2D eigenvalue weighted by molar-refractivity contribution is 5.84. The van der Waals surface area contributed by atoms with Crippen LogP contribution in [-0.2, 0) is 11.3 Å². The van der Waals surface area contributed by atoms with E-state index < -0.39 is 11.9 Å². The lowest BCUT2D eigenvalue weighted by Gasteiger charge is -2.07. The maximum absolute atomic E-state index is 10.9. The van der Waals surface area contributed by atoms with Crippen LogP contribution in [0.4, 0.5) is 0 Å². The zero-order valence-electron chi connectivity index (χ0n) is 10.3. The number of carboxylic acids is 1. The van der Waals surface area contributed by atoms with E-state index in [1.165, 1.54) is 0 Å². The average molecular weight is 232 g/mol. The van der Waals surface area contributed by atoms with Gasteiger partial charge in [-0.1, -0.05) is 25.1 Å². The lowest BCUT2D eigenvalue weighted by atomic mass is 10.1. The highest BCUT2D eigenvalue weighted by Gasteiger charge is 2.15. The number of aliphatic carboxylic acids is 1. The Hall–Kier alpha value is -1.84. The van der Waals surface area contributed by atoms with E-state index in [0.29, 0.717) is 6.54 Å². The molecule has 1 atom stereocenters. The molecule has 4 nitrogen and oxygen atoms in total. The van der Waals surface area contributed by atoms with Gasteiger partial charge in [0.1, 0.15) is 0 Å².